The Morgan fingerprint density at radius 2 is 2.15 bits per heavy atom. The summed E-state index contributed by atoms with van der Waals surface area (Å²) in [4.78, 5) is 7.86. The summed E-state index contributed by atoms with van der Waals surface area (Å²) in [7, 11) is 0. The van der Waals surface area contributed by atoms with Crippen LogP contribution in [0.25, 0.3) is 0 Å². The molecule has 5 nitrogen and oxygen atoms in total. The van der Waals surface area contributed by atoms with Crippen molar-refractivity contribution in [3.63, 3.8) is 0 Å². The molecule has 1 heterocycles. The summed E-state index contributed by atoms with van der Waals surface area (Å²) < 4.78 is 5.11. The van der Waals surface area contributed by atoms with E-state index < -0.39 is 6.10 Å². The van der Waals surface area contributed by atoms with Crippen molar-refractivity contribution in [2.45, 2.75) is 13.0 Å². The molecule has 1 unspecified atom stereocenters. The second-order valence-electron chi connectivity index (χ2n) is 2.59. The van der Waals surface area contributed by atoms with Gasteiger partial charge in [-0.2, -0.15) is 0 Å². The molecule has 0 saturated heterocycles. The normalized spacial score (nSPS) is 12.5. The Balaban J connectivity index is 2.50. The van der Waals surface area contributed by atoms with Crippen LogP contribution < -0.4 is 4.74 Å². The van der Waals surface area contributed by atoms with Crippen LogP contribution in [-0.4, -0.2) is 39.5 Å². The van der Waals surface area contributed by atoms with Crippen molar-refractivity contribution in [1.29, 1.82) is 0 Å². The van der Waals surface area contributed by atoms with Gasteiger partial charge in [-0.05, 0) is 6.92 Å². The maximum absolute atomic E-state index is 8.99. The standard InChI is InChI=1S/C8H12N2O3/c1-6-8(10-3-2-9-6)13-5-7(12)4-11/h2-3,7,11-12H,4-5H2,1H3. The van der Waals surface area contributed by atoms with Gasteiger partial charge in [0.25, 0.3) is 0 Å². The fourth-order valence-electron chi connectivity index (χ4n) is 0.764. The van der Waals surface area contributed by atoms with Gasteiger partial charge in [-0.25, -0.2) is 4.98 Å². The molecule has 13 heavy (non-hydrogen) atoms. The molecule has 1 atom stereocenters. The van der Waals surface area contributed by atoms with Gasteiger partial charge in [-0.15, -0.1) is 0 Å². The second kappa shape index (κ2) is 4.74. The molecule has 0 bridgehead atoms. The van der Waals surface area contributed by atoms with E-state index in [0.717, 1.165) is 0 Å². The third kappa shape index (κ3) is 2.96. The molecule has 0 aliphatic rings. The van der Waals surface area contributed by atoms with E-state index in [0.29, 0.717) is 11.6 Å². The van der Waals surface area contributed by atoms with Crippen LogP contribution >= 0.6 is 0 Å². The van der Waals surface area contributed by atoms with Crippen molar-refractivity contribution in [3.8, 4) is 5.88 Å². The molecule has 0 aliphatic heterocycles. The lowest BCUT2D eigenvalue weighted by atomic mass is 10.4. The molecular weight excluding hydrogens is 172 g/mol. The number of ether oxygens (including phenoxy) is 1. The Hall–Kier alpha value is -1.20. The van der Waals surface area contributed by atoms with Gasteiger partial charge >= 0.3 is 0 Å². The molecule has 0 amide bonds. The second-order valence-corrected chi connectivity index (χ2v) is 2.59. The molecule has 1 aromatic heterocycles. The van der Waals surface area contributed by atoms with Crippen molar-refractivity contribution in [3.05, 3.63) is 18.1 Å². The summed E-state index contributed by atoms with van der Waals surface area (Å²) in [6, 6.07) is 0. The minimum Gasteiger partial charge on any atom is -0.474 e. The summed E-state index contributed by atoms with van der Waals surface area (Å²) in [5, 5.41) is 17.5. The van der Waals surface area contributed by atoms with E-state index in [-0.39, 0.29) is 13.2 Å². The number of aryl methyl sites for hydroxylation is 1. The van der Waals surface area contributed by atoms with Crippen LogP contribution in [0.4, 0.5) is 0 Å². The van der Waals surface area contributed by atoms with Crippen molar-refractivity contribution in [1.82, 2.24) is 9.97 Å². The topological polar surface area (TPSA) is 75.5 Å². The molecule has 72 valence electrons. The van der Waals surface area contributed by atoms with E-state index in [9.17, 15) is 0 Å². The highest BCUT2D eigenvalue weighted by Gasteiger charge is 2.05. The van der Waals surface area contributed by atoms with Crippen LogP contribution in [0.1, 0.15) is 5.69 Å². The Labute approximate surface area is 76.0 Å². The Morgan fingerprint density at radius 1 is 1.46 bits per heavy atom. The van der Waals surface area contributed by atoms with Crippen LogP contribution in [0.2, 0.25) is 0 Å². The largest absolute Gasteiger partial charge is 0.474 e. The Bertz CT molecular complexity index is 267. The van der Waals surface area contributed by atoms with Gasteiger partial charge in [0.1, 0.15) is 12.7 Å². The monoisotopic (exact) mass is 184 g/mol. The first-order valence-corrected chi connectivity index (χ1v) is 3.93. The summed E-state index contributed by atoms with van der Waals surface area (Å²) in [5.41, 5.74) is 0.660. The highest BCUT2D eigenvalue weighted by molar-refractivity contribution is 5.14. The van der Waals surface area contributed by atoms with Crippen molar-refractivity contribution in [2.24, 2.45) is 0 Å². The van der Waals surface area contributed by atoms with Crippen LogP contribution in [0.15, 0.2) is 12.4 Å². The highest BCUT2D eigenvalue weighted by atomic mass is 16.5. The average molecular weight is 184 g/mol. The van der Waals surface area contributed by atoms with Crippen molar-refractivity contribution < 1.29 is 14.9 Å². The Morgan fingerprint density at radius 3 is 2.77 bits per heavy atom. The summed E-state index contributed by atoms with van der Waals surface area (Å²) in [5.74, 6) is 0.384. The van der Waals surface area contributed by atoms with Crippen molar-refractivity contribution >= 4 is 0 Å². The molecule has 0 radical (unpaired) electrons. The number of hydrogen-bond donors (Lipinski definition) is 2. The highest BCUT2D eigenvalue weighted by Crippen LogP contribution is 2.08. The zero-order valence-corrected chi connectivity index (χ0v) is 7.34. The van der Waals surface area contributed by atoms with Crippen LogP contribution in [-0.2, 0) is 0 Å². The molecule has 0 aliphatic carbocycles. The van der Waals surface area contributed by atoms with Gasteiger partial charge in [0.15, 0.2) is 0 Å². The predicted molar refractivity (Wildman–Crippen MR) is 45.4 cm³/mol. The molecule has 0 fully saturated rings. The first-order valence-electron chi connectivity index (χ1n) is 3.93. The van der Waals surface area contributed by atoms with Gasteiger partial charge in [-0.1, -0.05) is 0 Å². The number of aromatic nitrogens is 2. The molecule has 2 N–H and O–H groups in total. The number of aliphatic hydroxyl groups excluding tert-OH is 2. The molecule has 0 spiro atoms. The molecular formula is C8H12N2O3. The lowest BCUT2D eigenvalue weighted by Crippen LogP contribution is -2.21. The number of nitrogens with zero attached hydrogens (tertiary/aromatic N) is 2. The fourth-order valence-corrected chi connectivity index (χ4v) is 0.764. The predicted octanol–water partition coefficient (Wildman–Crippen LogP) is -0.483. The molecule has 0 saturated carbocycles. The van der Waals surface area contributed by atoms with Gasteiger partial charge in [0.2, 0.25) is 5.88 Å². The van der Waals surface area contributed by atoms with Crippen molar-refractivity contribution in [2.75, 3.05) is 13.2 Å². The maximum Gasteiger partial charge on any atom is 0.235 e. The molecule has 1 rings (SSSR count). The summed E-state index contributed by atoms with van der Waals surface area (Å²) in [6.07, 6.45) is 2.19. The summed E-state index contributed by atoms with van der Waals surface area (Å²) in [6.45, 7) is 1.46. The smallest absolute Gasteiger partial charge is 0.235 e. The van der Waals surface area contributed by atoms with Gasteiger partial charge in [0, 0.05) is 12.4 Å². The van der Waals surface area contributed by atoms with Gasteiger partial charge in [-0.3, -0.25) is 4.98 Å². The number of rotatable bonds is 4. The van der Waals surface area contributed by atoms with Gasteiger partial charge < -0.3 is 14.9 Å². The van der Waals surface area contributed by atoms with E-state index in [1.807, 2.05) is 0 Å². The average Bonchev–Trinajstić information content (AvgIpc) is 2.16. The van der Waals surface area contributed by atoms with E-state index >= 15 is 0 Å². The Kier molecular flexibility index (Phi) is 3.60. The summed E-state index contributed by atoms with van der Waals surface area (Å²) >= 11 is 0. The van der Waals surface area contributed by atoms with E-state index in [2.05, 4.69) is 9.97 Å². The van der Waals surface area contributed by atoms with E-state index in [1.165, 1.54) is 6.20 Å². The van der Waals surface area contributed by atoms with Gasteiger partial charge in [0.05, 0.1) is 12.3 Å². The van der Waals surface area contributed by atoms with Crippen LogP contribution in [0.3, 0.4) is 0 Å². The van der Waals surface area contributed by atoms with E-state index in [4.69, 9.17) is 14.9 Å². The number of aliphatic hydroxyl groups is 2. The SMILES string of the molecule is Cc1nccnc1OCC(O)CO. The van der Waals surface area contributed by atoms with Crippen LogP contribution in [0, 0.1) is 6.92 Å². The lowest BCUT2D eigenvalue weighted by Gasteiger charge is -2.09. The fraction of sp³-hybridized carbons (Fsp3) is 0.500. The zero-order valence-electron chi connectivity index (χ0n) is 7.34. The minimum absolute atomic E-state index is 0.0238. The minimum atomic E-state index is -0.874. The van der Waals surface area contributed by atoms with E-state index in [1.54, 1.807) is 13.1 Å². The molecule has 0 aromatic carbocycles. The first-order chi connectivity index (χ1) is 6.24. The zero-order chi connectivity index (χ0) is 9.68. The third-order valence-corrected chi connectivity index (χ3v) is 1.46. The molecule has 1 aromatic rings. The maximum atomic E-state index is 8.99. The first kappa shape index (κ1) is 9.88. The molecule has 5 heteroatoms. The third-order valence-electron chi connectivity index (χ3n) is 1.46. The lowest BCUT2D eigenvalue weighted by molar-refractivity contribution is 0.0517. The number of hydrogen-bond acceptors (Lipinski definition) is 5. The quantitative estimate of drug-likeness (QED) is 0.660. The van der Waals surface area contributed by atoms with Crippen LogP contribution in [0.5, 0.6) is 5.88 Å².